The van der Waals surface area contributed by atoms with Gasteiger partial charge in [-0.25, -0.2) is 4.68 Å². The lowest BCUT2D eigenvalue weighted by atomic mass is 10.1. The first kappa shape index (κ1) is 24.4. The van der Waals surface area contributed by atoms with Crippen LogP contribution in [0.5, 0.6) is 11.6 Å². The fourth-order valence-corrected chi connectivity index (χ4v) is 4.28. The molecule has 7 heteroatoms. The minimum absolute atomic E-state index is 0.169. The van der Waals surface area contributed by atoms with Crippen molar-refractivity contribution in [2.75, 3.05) is 32.9 Å². The molecule has 1 aromatic heterocycles. The SMILES string of the molecule is CCOC[C@H](O)CN(Cc1c(C)nn(-c2ccccc2)c1Oc1ccccc1)C[C@H]1CCCO1. The molecule has 0 radical (unpaired) electrons. The first-order valence-corrected chi connectivity index (χ1v) is 12.1. The molecule has 1 aliphatic heterocycles. The molecule has 0 saturated carbocycles. The molecule has 0 amide bonds. The Morgan fingerprint density at radius 3 is 2.56 bits per heavy atom. The van der Waals surface area contributed by atoms with Crippen LogP contribution in [0.15, 0.2) is 60.7 Å². The number of hydrogen-bond donors (Lipinski definition) is 1. The zero-order valence-corrected chi connectivity index (χ0v) is 20.1. The van der Waals surface area contributed by atoms with Crippen LogP contribution in [0, 0.1) is 6.92 Å². The van der Waals surface area contributed by atoms with Crippen LogP contribution in [0.3, 0.4) is 0 Å². The molecule has 1 fully saturated rings. The van der Waals surface area contributed by atoms with E-state index < -0.39 is 6.10 Å². The minimum atomic E-state index is -0.579. The summed E-state index contributed by atoms with van der Waals surface area (Å²) in [5.74, 6) is 1.44. The van der Waals surface area contributed by atoms with E-state index >= 15 is 0 Å². The van der Waals surface area contributed by atoms with Crippen LogP contribution < -0.4 is 4.74 Å². The molecule has 0 spiro atoms. The molecule has 7 nitrogen and oxygen atoms in total. The van der Waals surface area contributed by atoms with Gasteiger partial charge in [0, 0.05) is 32.8 Å². The van der Waals surface area contributed by atoms with Crippen LogP contribution in [0.25, 0.3) is 5.69 Å². The number of aliphatic hydroxyl groups is 1. The average Bonchev–Trinajstić information content (AvgIpc) is 3.47. The van der Waals surface area contributed by atoms with Crippen LogP contribution in [-0.4, -0.2) is 64.9 Å². The Labute approximate surface area is 201 Å². The van der Waals surface area contributed by atoms with Gasteiger partial charge in [0.2, 0.25) is 5.88 Å². The number of para-hydroxylation sites is 2. The van der Waals surface area contributed by atoms with Gasteiger partial charge in [0.15, 0.2) is 0 Å². The van der Waals surface area contributed by atoms with E-state index in [1.165, 1.54) is 0 Å². The summed E-state index contributed by atoms with van der Waals surface area (Å²) in [7, 11) is 0. The van der Waals surface area contributed by atoms with E-state index in [9.17, 15) is 5.11 Å². The van der Waals surface area contributed by atoms with Crippen molar-refractivity contribution in [3.63, 3.8) is 0 Å². The number of hydrogen-bond acceptors (Lipinski definition) is 6. The van der Waals surface area contributed by atoms with E-state index in [0.717, 1.165) is 48.7 Å². The molecule has 3 aromatic rings. The Kier molecular flexibility index (Phi) is 8.71. The molecular weight excluding hydrogens is 430 g/mol. The largest absolute Gasteiger partial charge is 0.439 e. The number of rotatable bonds is 12. The third kappa shape index (κ3) is 6.45. The number of aryl methyl sites for hydroxylation is 1. The van der Waals surface area contributed by atoms with E-state index in [-0.39, 0.29) is 6.10 Å². The fourth-order valence-electron chi connectivity index (χ4n) is 4.28. The maximum absolute atomic E-state index is 10.6. The highest BCUT2D eigenvalue weighted by molar-refractivity contribution is 5.43. The zero-order valence-electron chi connectivity index (χ0n) is 20.1. The standard InChI is InChI=1S/C27H35N3O4/c1-3-32-20-23(31)17-29(18-25-15-10-16-33-25)19-26-21(2)28-30(22-11-6-4-7-12-22)27(26)34-24-13-8-5-9-14-24/h4-9,11-14,23,25,31H,3,10,15-20H2,1-2H3/t23-,25-/m1/s1. The summed E-state index contributed by atoms with van der Waals surface area (Å²) in [5.41, 5.74) is 2.82. The normalized spacial score (nSPS) is 16.8. The van der Waals surface area contributed by atoms with Crippen molar-refractivity contribution in [2.45, 2.75) is 45.4 Å². The van der Waals surface area contributed by atoms with Crippen LogP contribution in [0.4, 0.5) is 0 Å². The van der Waals surface area contributed by atoms with Crippen LogP contribution >= 0.6 is 0 Å². The Bertz CT molecular complexity index is 1000. The third-order valence-corrected chi connectivity index (χ3v) is 5.95. The van der Waals surface area contributed by atoms with E-state index in [1.54, 1.807) is 0 Å². The molecule has 0 unspecified atom stereocenters. The molecular formula is C27H35N3O4. The second-order valence-electron chi connectivity index (χ2n) is 8.67. The number of aromatic nitrogens is 2. The number of aliphatic hydroxyl groups excluding tert-OH is 1. The second kappa shape index (κ2) is 12.1. The van der Waals surface area contributed by atoms with Gasteiger partial charge in [-0.15, -0.1) is 0 Å². The number of ether oxygens (including phenoxy) is 3. The smallest absolute Gasteiger partial charge is 0.227 e. The van der Waals surface area contributed by atoms with E-state index in [0.29, 0.717) is 32.2 Å². The molecule has 2 atom stereocenters. The Morgan fingerprint density at radius 2 is 1.88 bits per heavy atom. The van der Waals surface area contributed by atoms with Crippen molar-refractivity contribution in [1.29, 1.82) is 0 Å². The number of nitrogens with zero attached hydrogens (tertiary/aromatic N) is 3. The van der Waals surface area contributed by atoms with Gasteiger partial charge in [-0.05, 0) is 51.0 Å². The zero-order chi connectivity index (χ0) is 23.8. The predicted octanol–water partition coefficient (Wildman–Crippen LogP) is 4.35. The van der Waals surface area contributed by atoms with Crippen molar-refractivity contribution < 1.29 is 19.3 Å². The third-order valence-electron chi connectivity index (χ3n) is 5.95. The molecule has 0 aliphatic carbocycles. The second-order valence-corrected chi connectivity index (χ2v) is 8.67. The van der Waals surface area contributed by atoms with Gasteiger partial charge in [0.05, 0.1) is 35.8 Å². The molecule has 182 valence electrons. The highest BCUT2D eigenvalue weighted by Crippen LogP contribution is 2.32. The molecule has 0 bridgehead atoms. The lowest BCUT2D eigenvalue weighted by molar-refractivity contribution is 0.00498. The summed E-state index contributed by atoms with van der Waals surface area (Å²) in [6, 6.07) is 19.8. The molecule has 1 saturated heterocycles. The highest BCUT2D eigenvalue weighted by atomic mass is 16.5. The molecule has 1 N–H and O–H groups in total. The average molecular weight is 466 g/mol. The fraction of sp³-hybridized carbons (Fsp3) is 0.444. The summed E-state index contributed by atoms with van der Waals surface area (Å²) in [5, 5.41) is 15.4. The van der Waals surface area contributed by atoms with Gasteiger partial charge in [-0.1, -0.05) is 36.4 Å². The van der Waals surface area contributed by atoms with Gasteiger partial charge in [-0.3, -0.25) is 4.90 Å². The molecule has 34 heavy (non-hydrogen) atoms. The number of benzene rings is 2. The molecule has 4 rings (SSSR count). The van der Waals surface area contributed by atoms with Crippen molar-refractivity contribution in [3.8, 4) is 17.3 Å². The molecule has 1 aliphatic rings. The Morgan fingerprint density at radius 1 is 1.15 bits per heavy atom. The first-order chi connectivity index (χ1) is 16.6. The minimum Gasteiger partial charge on any atom is -0.439 e. The van der Waals surface area contributed by atoms with Crippen molar-refractivity contribution in [1.82, 2.24) is 14.7 Å². The summed E-state index contributed by atoms with van der Waals surface area (Å²) >= 11 is 0. The molecule has 2 heterocycles. The van der Waals surface area contributed by atoms with Gasteiger partial charge in [0.1, 0.15) is 5.75 Å². The van der Waals surface area contributed by atoms with Crippen molar-refractivity contribution >= 4 is 0 Å². The summed E-state index contributed by atoms with van der Waals surface area (Å²) < 4.78 is 19.6. The van der Waals surface area contributed by atoms with Gasteiger partial charge < -0.3 is 19.3 Å². The van der Waals surface area contributed by atoms with Gasteiger partial charge in [-0.2, -0.15) is 5.10 Å². The van der Waals surface area contributed by atoms with Crippen LogP contribution in [0.1, 0.15) is 31.0 Å². The quantitative estimate of drug-likeness (QED) is 0.429. The van der Waals surface area contributed by atoms with Crippen molar-refractivity contribution in [3.05, 3.63) is 71.9 Å². The van der Waals surface area contributed by atoms with E-state index in [2.05, 4.69) is 4.90 Å². The maximum Gasteiger partial charge on any atom is 0.227 e. The summed E-state index contributed by atoms with van der Waals surface area (Å²) in [4.78, 5) is 2.23. The van der Waals surface area contributed by atoms with Crippen molar-refractivity contribution in [2.24, 2.45) is 0 Å². The Balaban J connectivity index is 1.64. The monoisotopic (exact) mass is 465 g/mol. The van der Waals surface area contributed by atoms with E-state index in [4.69, 9.17) is 19.3 Å². The van der Waals surface area contributed by atoms with Crippen LogP contribution in [-0.2, 0) is 16.0 Å². The summed E-state index contributed by atoms with van der Waals surface area (Å²) in [6.07, 6.45) is 1.70. The summed E-state index contributed by atoms with van der Waals surface area (Å²) in [6.45, 7) is 7.45. The highest BCUT2D eigenvalue weighted by Gasteiger charge is 2.26. The van der Waals surface area contributed by atoms with Crippen LogP contribution in [0.2, 0.25) is 0 Å². The van der Waals surface area contributed by atoms with E-state index in [1.807, 2.05) is 79.2 Å². The maximum atomic E-state index is 10.6. The van der Waals surface area contributed by atoms with Gasteiger partial charge in [0.25, 0.3) is 0 Å². The topological polar surface area (TPSA) is 69.0 Å². The first-order valence-electron chi connectivity index (χ1n) is 12.1. The Hall–Kier alpha value is -2.71. The van der Waals surface area contributed by atoms with Gasteiger partial charge >= 0.3 is 0 Å². The lowest BCUT2D eigenvalue weighted by Crippen LogP contribution is -2.39. The lowest BCUT2D eigenvalue weighted by Gasteiger charge is -2.27. The predicted molar refractivity (Wildman–Crippen MR) is 132 cm³/mol. The molecule has 2 aromatic carbocycles.